The number of furan rings is 1. The Balaban J connectivity index is 2.09. The second kappa shape index (κ2) is 5.05. The molecule has 18 heavy (non-hydrogen) atoms. The zero-order chi connectivity index (χ0) is 13.3. The van der Waals surface area contributed by atoms with Crippen LogP contribution in [0.1, 0.15) is 43.1 Å². The molecule has 0 spiro atoms. The van der Waals surface area contributed by atoms with Gasteiger partial charge in [0.25, 0.3) is 0 Å². The molecule has 0 amide bonds. The quantitative estimate of drug-likeness (QED) is 0.916. The van der Waals surface area contributed by atoms with Crippen molar-refractivity contribution in [3.63, 3.8) is 0 Å². The molecule has 1 saturated carbocycles. The number of hydrogen-bond acceptors (Lipinski definition) is 4. The van der Waals surface area contributed by atoms with Crippen LogP contribution in [-0.4, -0.2) is 25.0 Å². The summed E-state index contributed by atoms with van der Waals surface area (Å²) in [6, 6.07) is 1.81. The van der Waals surface area contributed by atoms with Crippen LogP contribution >= 0.6 is 0 Å². The Morgan fingerprint density at radius 3 is 2.72 bits per heavy atom. The molecule has 0 bridgehead atoms. The van der Waals surface area contributed by atoms with Crippen molar-refractivity contribution in [1.82, 2.24) is 0 Å². The fourth-order valence-corrected chi connectivity index (χ4v) is 3.94. The highest BCUT2D eigenvalue weighted by Crippen LogP contribution is 2.37. The smallest absolute Gasteiger partial charge is 0.150 e. The van der Waals surface area contributed by atoms with Gasteiger partial charge in [0.2, 0.25) is 0 Å². The minimum Gasteiger partial charge on any atom is -0.469 e. The van der Waals surface area contributed by atoms with E-state index in [0.29, 0.717) is 12.8 Å². The van der Waals surface area contributed by atoms with Crippen LogP contribution in [0.4, 0.5) is 0 Å². The molecule has 1 aromatic rings. The normalized spacial score (nSPS) is 27.1. The van der Waals surface area contributed by atoms with Gasteiger partial charge in [-0.2, -0.15) is 0 Å². The van der Waals surface area contributed by atoms with Gasteiger partial charge in [-0.15, -0.1) is 0 Å². The average Bonchev–Trinajstić information content (AvgIpc) is 2.74. The van der Waals surface area contributed by atoms with Gasteiger partial charge in [-0.3, -0.25) is 0 Å². The van der Waals surface area contributed by atoms with Crippen LogP contribution in [0.2, 0.25) is 0 Å². The van der Waals surface area contributed by atoms with Crippen LogP contribution in [-0.2, 0) is 9.84 Å². The summed E-state index contributed by atoms with van der Waals surface area (Å²) in [5, 5.41) is 9.98. The maximum Gasteiger partial charge on any atom is 0.150 e. The van der Waals surface area contributed by atoms with E-state index in [2.05, 4.69) is 0 Å². The highest BCUT2D eigenvalue weighted by Gasteiger charge is 2.33. The van der Waals surface area contributed by atoms with Crippen molar-refractivity contribution in [2.45, 2.75) is 44.0 Å². The molecule has 1 N–H and O–H groups in total. The summed E-state index contributed by atoms with van der Waals surface area (Å²) >= 11 is 0. The second-order valence-corrected chi connectivity index (χ2v) is 7.64. The maximum absolute atomic E-state index is 11.6. The lowest BCUT2D eigenvalue weighted by atomic mass is 9.83. The molecule has 1 aromatic heterocycles. The predicted octanol–water partition coefficient (Wildman–Crippen LogP) is 2.22. The molecular formula is C13H20O4S. The first-order valence-corrected chi connectivity index (χ1v) is 8.25. The Labute approximate surface area is 108 Å². The third-order valence-corrected chi connectivity index (χ3v) is 5.45. The number of hydrogen-bond donors (Lipinski definition) is 1. The zero-order valence-corrected chi connectivity index (χ0v) is 11.6. The van der Waals surface area contributed by atoms with Crippen molar-refractivity contribution in [3.05, 3.63) is 23.7 Å². The van der Waals surface area contributed by atoms with Gasteiger partial charge in [0.1, 0.15) is 15.6 Å². The largest absolute Gasteiger partial charge is 0.469 e. The standard InChI is InChI=1S/C13H20O4S/c1-9-6-11(8-17-9)13(14)10-4-3-5-12(7-10)18(2,15)16/h6,8,10,12-14H,3-5,7H2,1-2H3. The molecule has 4 nitrogen and oxygen atoms in total. The minimum atomic E-state index is -3.00. The summed E-state index contributed by atoms with van der Waals surface area (Å²) in [5.74, 6) is 0.773. The highest BCUT2D eigenvalue weighted by molar-refractivity contribution is 7.91. The second-order valence-electron chi connectivity index (χ2n) is 5.31. The lowest BCUT2D eigenvalue weighted by Crippen LogP contribution is -2.30. The summed E-state index contributed by atoms with van der Waals surface area (Å²) in [4.78, 5) is 0. The van der Waals surface area contributed by atoms with Crippen molar-refractivity contribution in [2.24, 2.45) is 5.92 Å². The molecule has 3 unspecified atom stereocenters. The van der Waals surface area contributed by atoms with Gasteiger partial charge in [0.15, 0.2) is 0 Å². The van der Waals surface area contributed by atoms with Gasteiger partial charge in [-0.25, -0.2) is 8.42 Å². The fraction of sp³-hybridized carbons (Fsp3) is 0.692. The Bertz CT molecular complexity index is 503. The van der Waals surface area contributed by atoms with Gasteiger partial charge < -0.3 is 9.52 Å². The van der Waals surface area contributed by atoms with Gasteiger partial charge >= 0.3 is 0 Å². The third kappa shape index (κ3) is 2.95. The van der Waals surface area contributed by atoms with Crippen molar-refractivity contribution >= 4 is 9.84 Å². The van der Waals surface area contributed by atoms with Crippen LogP contribution in [0.25, 0.3) is 0 Å². The fourth-order valence-electron chi connectivity index (χ4n) is 2.75. The molecule has 5 heteroatoms. The van der Waals surface area contributed by atoms with E-state index in [1.165, 1.54) is 6.26 Å². The Morgan fingerprint density at radius 2 is 2.17 bits per heavy atom. The molecule has 102 valence electrons. The van der Waals surface area contributed by atoms with E-state index >= 15 is 0 Å². The maximum atomic E-state index is 11.6. The van der Waals surface area contributed by atoms with Crippen LogP contribution in [0.3, 0.4) is 0 Å². The molecule has 0 aliphatic heterocycles. The van der Waals surface area contributed by atoms with Crippen molar-refractivity contribution < 1.29 is 17.9 Å². The number of aliphatic hydroxyl groups excluding tert-OH is 1. The molecule has 2 rings (SSSR count). The van der Waals surface area contributed by atoms with Crippen molar-refractivity contribution in [2.75, 3.05) is 6.26 Å². The third-order valence-electron chi connectivity index (χ3n) is 3.81. The molecule has 0 saturated heterocycles. The lowest BCUT2D eigenvalue weighted by Gasteiger charge is -2.30. The molecule has 1 aliphatic carbocycles. The topological polar surface area (TPSA) is 67.5 Å². The zero-order valence-electron chi connectivity index (χ0n) is 10.8. The Hall–Kier alpha value is -0.810. The number of aliphatic hydroxyl groups is 1. The molecule has 1 fully saturated rings. The Kier molecular flexibility index (Phi) is 3.82. The van der Waals surface area contributed by atoms with Crippen molar-refractivity contribution in [1.29, 1.82) is 0 Å². The predicted molar refractivity (Wildman–Crippen MR) is 69.0 cm³/mol. The van der Waals surface area contributed by atoms with Crippen LogP contribution in [0.15, 0.2) is 16.7 Å². The van der Waals surface area contributed by atoms with Gasteiger partial charge in [0, 0.05) is 11.8 Å². The number of sulfone groups is 1. The number of aryl methyl sites for hydroxylation is 1. The summed E-state index contributed by atoms with van der Waals surface area (Å²) in [5.41, 5.74) is 0.756. The Morgan fingerprint density at radius 1 is 1.44 bits per heavy atom. The summed E-state index contributed by atoms with van der Waals surface area (Å²) in [7, 11) is -3.00. The van der Waals surface area contributed by atoms with Gasteiger partial charge in [-0.1, -0.05) is 6.42 Å². The first kappa shape index (κ1) is 13.6. The molecule has 0 radical (unpaired) electrons. The molecular weight excluding hydrogens is 252 g/mol. The van der Waals surface area contributed by atoms with Crippen LogP contribution < -0.4 is 0 Å². The first-order valence-electron chi connectivity index (χ1n) is 6.30. The van der Waals surface area contributed by atoms with Gasteiger partial charge in [0.05, 0.1) is 17.6 Å². The molecule has 3 atom stereocenters. The van der Waals surface area contributed by atoms with E-state index in [-0.39, 0.29) is 11.2 Å². The molecule has 1 heterocycles. The average molecular weight is 272 g/mol. The SMILES string of the molecule is Cc1cc(C(O)C2CCCC(S(C)(=O)=O)C2)co1. The van der Waals surface area contributed by atoms with E-state index in [1.54, 1.807) is 6.26 Å². The van der Waals surface area contributed by atoms with Crippen molar-refractivity contribution in [3.8, 4) is 0 Å². The number of rotatable bonds is 3. The van der Waals surface area contributed by atoms with E-state index in [9.17, 15) is 13.5 Å². The van der Waals surface area contributed by atoms with E-state index in [4.69, 9.17) is 4.42 Å². The summed E-state index contributed by atoms with van der Waals surface area (Å²) < 4.78 is 28.4. The van der Waals surface area contributed by atoms with E-state index in [1.807, 2.05) is 13.0 Å². The van der Waals surface area contributed by atoms with E-state index in [0.717, 1.165) is 24.2 Å². The summed E-state index contributed by atoms with van der Waals surface area (Å²) in [6.07, 6.45) is 5.22. The van der Waals surface area contributed by atoms with Crippen LogP contribution in [0.5, 0.6) is 0 Å². The summed E-state index contributed by atoms with van der Waals surface area (Å²) in [6.45, 7) is 1.83. The molecule has 0 aromatic carbocycles. The van der Waals surface area contributed by atoms with E-state index < -0.39 is 15.9 Å². The molecule has 1 aliphatic rings. The minimum absolute atomic E-state index is 0.00970. The highest BCUT2D eigenvalue weighted by atomic mass is 32.2. The van der Waals surface area contributed by atoms with Crippen LogP contribution in [0, 0.1) is 12.8 Å². The van der Waals surface area contributed by atoms with Gasteiger partial charge in [-0.05, 0) is 38.2 Å². The lowest BCUT2D eigenvalue weighted by molar-refractivity contribution is 0.0851. The first-order chi connectivity index (χ1) is 8.38. The monoisotopic (exact) mass is 272 g/mol.